The third-order valence-corrected chi connectivity index (χ3v) is 0. The van der Waals surface area contributed by atoms with Gasteiger partial charge in [-0.25, -0.2) is 0 Å². The van der Waals surface area contributed by atoms with Crippen molar-refractivity contribution < 1.29 is 111 Å². The maximum absolute atomic E-state index is 0. The van der Waals surface area contributed by atoms with E-state index in [-0.39, 0.29) is 138 Å². The Labute approximate surface area is 137 Å². The fourth-order valence-corrected chi connectivity index (χ4v) is 0. The largest absolute Gasteiger partial charge is 1.00 e. The molecule has 18 N–H and O–H groups in total. The van der Waals surface area contributed by atoms with Crippen molar-refractivity contribution in [1.82, 2.24) is 0 Å². The minimum absolute atomic E-state index is 0. The van der Waals surface area contributed by atoms with Gasteiger partial charge in [0.05, 0.1) is 0 Å². The molecule has 0 atom stereocenters. The van der Waals surface area contributed by atoms with Crippen LogP contribution in [-0.4, -0.2) is 49.3 Å². The Hall–Kier alpha value is 2.34. The summed E-state index contributed by atoms with van der Waals surface area (Å²) in [5.74, 6) is 0. The fraction of sp³-hybridized carbons (Fsp3) is 0. The van der Waals surface area contributed by atoms with Gasteiger partial charge in [-0.3, -0.25) is 0 Å². The predicted octanol–water partition coefficient (Wildman–Crippen LogP) is -13.0. The maximum atomic E-state index is 0. The smallest absolute Gasteiger partial charge is 1.00 e. The van der Waals surface area contributed by atoms with Gasteiger partial charge in [0, 0.05) is 0 Å². The minimum Gasteiger partial charge on any atom is -1.00 e. The van der Waals surface area contributed by atoms with E-state index in [0.29, 0.717) is 0 Å². The zero-order valence-corrected chi connectivity index (χ0v) is 13.5. The SMILES string of the molecule is O.O.O.O.O.O.O.O.O.S.S.[H-].[H-].[Na+].[Na+]. The van der Waals surface area contributed by atoms with E-state index in [1.165, 1.54) is 0 Å². The third-order valence-electron chi connectivity index (χ3n) is 0. The van der Waals surface area contributed by atoms with Gasteiger partial charge >= 0.3 is 59.1 Å². The van der Waals surface area contributed by atoms with Gasteiger partial charge in [-0.05, 0) is 0 Å². The third kappa shape index (κ3) is 399. The Morgan fingerprint density at radius 3 is 0.308 bits per heavy atom. The molecule has 0 bridgehead atoms. The molecule has 0 radical (unpaired) electrons. The van der Waals surface area contributed by atoms with Crippen LogP contribution in [-0.2, 0) is 0 Å². The molecule has 0 amide bonds. The standard InChI is InChI=1S/2Na.9H2O.2H2S.2H/h;;11*1H2;;/q2*+1;;;;;;;;;;;;2*-1. The van der Waals surface area contributed by atoms with Gasteiger partial charge in [-0.1, -0.05) is 0 Å². The van der Waals surface area contributed by atoms with Crippen molar-refractivity contribution in [2.75, 3.05) is 0 Å². The molecule has 0 unspecified atom stereocenters. The van der Waals surface area contributed by atoms with Gasteiger partial charge in [-0.15, -0.1) is 0 Å². The molecule has 0 aromatic carbocycles. The number of rotatable bonds is 0. The monoisotopic (exact) mass is 278 g/mol. The summed E-state index contributed by atoms with van der Waals surface area (Å²) in [5, 5.41) is 0. The Morgan fingerprint density at radius 1 is 0.308 bits per heavy atom. The van der Waals surface area contributed by atoms with E-state index >= 15 is 0 Å². The molecule has 0 fully saturated rings. The molecule has 0 aliphatic carbocycles. The van der Waals surface area contributed by atoms with E-state index < -0.39 is 0 Å². The first-order chi connectivity index (χ1) is 0. The van der Waals surface area contributed by atoms with Crippen LogP contribution >= 0.6 is 27.0 Å². The Balaban J connectivity index is 0. The summed E-state index contributed by atoms with van der Waals surface area (Å²) in [6.45, 7) is 0. The summed E-state index contributed by atoms with van der Waals surface area (Å²) in [6.07, 6.45) is 0. The molecule has 0 saturated carbocycles. The van der Waals surface area contributed by atoms with Gasteiger partial charge in [-0.2, -0.15) is 27.0 Å². The number of hydrogen-bond acceptors (Lipinski definition) is 0. The van der Waals surface area contributed by atoms with Gasteiger partial charge < -0.3 is 52.1 Å². The Bertz CT molecular complexity index is 24.1. The van der Waals surface area contributed by atoms with Crippen LogP contribution in [0.5, 0.6) is 0 Å². The van der Waals surface area contributed by atoms with Crippen molar-refractivity contribution in [2.24, 2.45) is 0 Å². The summed E-state index contributed by atoms with van der Waals surface area (Å²) in [4.78, 5) is 0. The molecule has 0 rings (SSSR count). The van der Waals surface area contributed by atoms with Crippen LogP contribution < -0.4 is 59.1 Å². The van der Waals surface area contributed by atoms with E-state index in [1.54, 1.807) is 0 Å². The van der Waals surface area contributed by atoms with Gasteiger partial charge in [0.1, 0.15) is 0 Å². The molecule has 0 spiro atoms. The normalized spacial score (nSPS) is 0. The fourth-order valence-electron chi connectivity index (χ4n) is 0. The van der Waals surface area contributed by atoms with E-state index in [1.807, 2.05) is 0 Å². The molecule has 13 heteroatoms. The van der Waals surface area contributed by atoms with Crippen LogP contribution in [0.1, 0.15) is 2.85 Å². The second-order valence-electron chi connectivity index (χ2n) is 0. The van der Waals surface area contributed by atoms with Crippen molar-refractivity contribution in [3.8, 4) is 0 Å². The van der Waals surface area contributed by atoms with Crippen LogP contribution in [0.3, 0.4) is 0 Å². The first-order valence-corrected chi connectivity index (χ1v) is 0. The molecule has 0 saturated heterocycles. The van der Waals surface area contributed by atoms with Crippen molar-refractivity contribution in [3.63, 3.8) is 0 Å². The molecule has 0 aromatic rings. The summed E-state index contributed by atoms with van der Waals surface area (Å²) >= 11 is 0. The van der Waals surface area contributed by atoms with Crippen molar-refractivity contribution in [1.29, 1.82) is 0 Å². The quantitative estimate of drug-likeness (QED) is 0.372. The second kappa shape index (κ2) is 466. The summed E-state index contributed by atoms with van der Waals surface area (Å²) in [5.41, 5.74) is 0. The molecular weight excluding hydrogens is 254 g/mol. The molecule has 9 nitrogen and oxygen atoms in total. The van der Waals surface area contributed by atoms with Gasteiger partial charge in [0.25, 0.3) is 0 Å². The minimum atomic E-state index is 0. The van der Waals surface area contributed by atoms with Crippen LogP contribution in [0.2, 0.25) is 0 Å². The van der Waals surface area contributed by atoms with E-state index in [9.17, 15) is 0 Å². The Kier molecular flexibility index (Phi) is 20700. The van der Waals surface area contributed by atoms with E-state index in [0.717, 1.165) is 0 Å². The van der Waals surface area contributed by atoms with Crippen LogP contribution in [0, 0.1) is 0 Å². The van der Waals surface area contributed by atoms with Crippen LogP contribution in [0.25, 0.3) is 0 Å². The van der Waals surface area contributed by atoms with Gasteiger partial charge in [0.15, 0.2) is 0 Å². The molecule has 0 aromatic heterocycles. The molecule has 92 valence electrons. The van der Waals surface area contributed by atoms with Crippen LogP contribution in [0.15, 0.2) is 0 Å². The maximum Gasteiger partial charge on any atom is 1.00 e. The Morgan fingerprint density at radius 2 is 0.308 bits per heavy atom. The van der Waals surface area contributed by atoms with E-state index in [4.69, 9.17) is 0 Å². The number of hydrogen-bond donors (Lipinski definition) is 0. The molecule has 0 aliphatic rings. The molecule has 0 aliphatic heterocycles. The average Bonchev–Trinajstić information content (AvgIpc) is 0. The van der Waals surface area contributed by atoms with Crippen LogP contribution in [0.4, 0.5) is 0 Å². The van der Waals surface area contributed by atoms with E-state index in [2.05, 4.69) is 0 Å². The zero-order chi connectivity index (χ0) is 0. The predicted molar refractivity (Wildman–Crippen MR) is 55.5 cm³/mol. The topological polar surface area (TPSA) is 284 Å². The molecular formula is H24Na2O9S2. The first kappa shape index (κ1) is 576. The summed E-state index contributed by atoms with van der Waals surface area (Å²) < 4.78 is 0. The second-order valence-corrected chi connectivity index (χ2v) is 0. The zero-order valence-electron chi connectivity index (χ0n) is 9.50. The summed E-state index contributed by atoms with van der Waals surface area (Å²) in [6, 6.07) is 0. The van der Waals surface area contributed by atoms with Crippen molar-refractivity contribution in [2.45, 2.75) is 0 Å². The average molecular weight is 278 g/mol. The first-order valence-electron chi connectivity index (χ1n) is 0. The van der Waals surface area contributed by atoms with Gasteiger partial charge in [0.2, 0.25) is 0 Å². The molecule has 13 heavy (non-hydrogen) atoms. The van der Waals surface area contributed by atoms with Crippen molar-refractivity contribution in [3.05, 3.63) is 0 Å². The van der Waals surface area contributed by atoms with Crippen molar-refractivity contribution >= 4 is 27.0 Å². The molecule has 0 heterocycles. The summed E-state index contributed by atoms with van der Waals surface area (Å²) in [7, 11) is 0.